The van der Waals surface area contributed by atoms with E-state index in [4.69, 9.17) is 19.5 Å². The van der Waals surface area contributed by atoms with Gasteiger partial charge >= 0.3 is 41.5 Å². The van der Waals surface area contributed by atoms with Crippen molar-refractivity contribution in [2.24, 2.45) is 0 Å². The summed E-state index contributed by atoms with van der Waals surface area (Å²) in [7, 11) is -4.84. The number of unbranched alkanes of at least 4 members (excludes halogenated alkanes) is 11. The van der Waals surface area contributed by atoms with Gasteiger partial charge in [-0.1, -0.05) is 95.8 Å². The Bertz CT molecular complexity index is 802. The van der Waals surface area contributed by atoms with Crippen LogP contribution in [0.3, 0.4) is 0 Å². The Morgan fingerprint density at radius 3 is 1.68 bits per heavy atom. The van der Waals surface area contributed by atoms with Crippen LogP contribution in [0.2, 0.25) is 0 Å². The van der Waals surface area contributed by atoms with Crippen molar-refractivity contribution in [3.8, 4) is 5.75 Å². The molecule has 0 spiro atoms. The molecule has 0 amide bonds. The Kier molecular flexibility index (Phi) is 24.6. The van der Waals surface area contributed by atoms with Crippen LogP contribution < -0.4 is 34.3 Å². The summed E-state index contributed by atoms with van der Waals surface area (Å²) < 4.78 is 34.7. The molecule has 0 fully saturated rings. The number of benzene rings is 1. The van der Waals surface area contributed by atoms with E-state index in [1.54, 1.807) is 0 Å². The van der Waals surface area contributed by atoms with Gasteiger partial charge in [0.15, 0.2) is 5.25 Å². The summed E-state index contributed by atoms with van der Waals surface area (Å²) in [5.41, 5.74) is 0. The van der Waals surface area contributed by atoms with E-state index in [1.165, 1.54) is 77.0 Å². The normalized spacial score (nSPS) is 12.4. The minimum Gasteiger partial charge on any atom is -0.493 e. The number of carboxylic acid groups (broad SMARTS) is 2. The van der Waals surface area contributed by atoms with Crippen LogP contribution in [-0.2, 0) is 19.7 Å². The zero-order valence-corrected chi connectivity index (χ0v) is 25.5. The van der Waals surface area contributed by atoms with Gasteiger partial charge in [0.2, 0.25) is 0 Å². The van der Waals surface area contributed by atoms with Crippen LogP contribution in [0.4, 0.5) is 0 Å². The maximum absolute atomic E-state index is 10.2. The Morgan fingerprint density at radius 1 is 0.865 bits per heavy atom. The van der Waals surface area contributed by atoms with Crippen LogP contribution >= 0.6 is 0 Å². The number of carboxylic acids is 2. The summed E-state index contributed by atoms with van der Waals surface area (Å²) >= 11 is 0. The van der Waals surface area contributed by atoms with Gasteiger partial charge in [-0.25, -0.2) is 0 Å². The molecule has 0 bridgehead atoms. The number of aliphatic carboxylic acids is 2. The summed E-state index contributed by atoms with van der Waals surface area (Å²) in [6.07, 6.45) is 17.9. The fourth-order valence-electron chi connectivity index (χ4n) is 3.65. The summed E-state index contributed by atoms with van der Waals surface area (Å²) in [5, 5.41) is 13.9. The number of hydrogen-bond donors (Lipinski definition) is 3. The molecule has 3 N–H and O–H groups in total. The molecule has 208 valence electrons. The predicted molar refractivity (Wildman–Crippen MR) is 142 cm³/mol. The average Bonchev–Trinajstić information content (AvgIpc) is 2.82. The molecule has 0 saturated heterocycles. The van der Waals surface area contributed by atoms with Crippen molar-refractivity contribution in [1.29, 1.82) is 0 Å². The molecule has 2 atom stereocenters. The van der Waals surface area contributed by atoms with Crippen LogP contribution in [-0.4, -0.2) is 46.5 Å². The van der Waals surface area contributed by atoms with Crippen molar-refractivity contribution < 1.29 is 67.1 Å². The summed E-state index contributed by atoms with van der Waals surface area (Å²) in [5.74, 6) is -2.52. The second-order valence-electron chi connectivity index (χ2n) is 8.96. The van der Waals surface area contributed by atoms with Gasteiger partial charge in [0.25, 0.3) is 10.1 Å². The molecule has 1 aromatic rings. The molecule has 0 aliphatic carbocycles. The van der Waals surface area contributed by atoms with Gasteiger partial charge in [-0.3, -0.25) is 14.1 Å². The topological polar surface area (TPSA) is 138 Å². The van der Waals surface area contributed by atoms with Gasteiger partial charge in [0.05, 0.1) is 12.5 Å². The number of hydrogen-bond acceptors (Lipinski definition) is 5. The third-order valence-corrected chi connectivity index (χ3v) is 6.83. The molecule has 0 aliphatic rings. The summed E-state index contributed by atoms with van der Waals surface area (Å²) in [4.78, 5) is 20.0. The molecule has 0 saturated carbocycles. The van der Waals surface area contributed by atoms with Crippen molar-refractivity contribution in [3.63, 3.8) is 0 Å². The van der Waals surface area contributed by atoms with E-state index in [-0.39, 0.29) is 35.7 Å². The summed E-state index contributed by atoms with van der Waals surface area (Å²) in [6, 6.07) is 10.1. The van der Waals surface area contributed by atoms with E-state index in [1.807, 2.05) is 30.3 Å². The maximum atomic E-state index is 10.2. The van der Waals surface area contributed by atoms with Gasteiger partial charge < -0.3 is 21.9 Å². The minimum atomic E-state index is -4.84. The van der Waals surface area contributed by atoms with Crippen molar-refractivity contribution in [1.82, 2.24) is 0 Å². The van der Waals surface area contributed by atoms with Gasteiger partial charge in [-0.05, 0) is 25.0 Å². The van der Waals surface area contributed by atoms with E-state index < -0.39 is 33.7 Å². The number of ether oxygens (including phenoxy) is 1. The van der Waals surface area contributed by atoms with Gasteiger partial charge in [0, 0.05) is 0 Å². The van der Waals surface area contributed by atoms with Crippen LogP contribution in [0, 0.1) is 6.92 Å². The third-order valence-electron chi connectivity index (χ3n) is 5.74. The fourth-order valence-corrected chi connectivity index (χ4v) is 4.25. The van der Waals surface area contributed by atoms with Gasteiger partial charge in [-0.2, -0.15) is 8.42 Å². The van der Waals surface area contributed by atoms with Crippen molar-refractivity contribution in [2.45, 2.75) is 115 Å². The Hall–Kier alpha value is -1.13. The Balaban J connectivity index is 0. The quantitative estimate of drug-likeness (QED) is 0.0966. The van der Waals surface area contributed by atoms with E-state index in [9.17, 15) is 18.0 Å². The van der Waals surface area contributed by atoms with E-state index in [0.29, 0.717) is 0 Å². The molecule has 0 radical (unpaired) electrons. The molecule has 2 unspecified atom stereocenters. The van der Waals surface area contributed by atoms with E-state index >= 15 is 0 Å². The van der Waals surface area contributed by atoms with Crippen LogP contribution in [0.1, 0.15) is 103 Å². The van der Waals surface area contributed by atoms with Gasteiger partial charge in [0.1, 0.15) is 5.75 Å². The van der Waals surface area contributed by atoms with Crippen LogP contribution in [0.15, 0.2) is 30.3 Å². The van der Waals surface area contributed by atoms with Crippen molar-refractivity contribution in [2.75, 3.05) is 0 Å². The molecule has 1 aromatic carbocycles. The molecule has 0 aromatic heterocycles. The SMILES string of the molecule is O=C(O)CC(C(=O)O)S(=O)(=O)O.[CH2-]CC(CCCCCCCCCCCCCC)Oc1ccccc1.[Na+]. The molecular formula is C27H45NaO8S. The van der Waals surface area contributed by atoms with E-state index in [0.717, 1.165) is 18.6 Å². The molecule has 8 nitrogen and oxygen atoms in total. The molecule has 0 aliphatic heterocycles. The third kappa shape index (κ3) is 22.6. The monoisotopic (exact) mass is 552 g/mol. The van der Waals surface area contributed by atoms with Crippen LogP contribution in [0.25, 0.3) is 0 Å². The minimum absolute atomic E-state index is 0. The van der Waals surface area contributed by atoms with Crippen molar-refractivity contribution in [3.05, 3.63) is 37.3 Å². The first-order valence-corrected chi connectivity index (χ1v) is 14.5. The predicted octanol–water partition coefficient (Wildman–Crippen LogP) is 3.56. The Labute approximate surface area is 245 Å². The first-order valence-electron chi connectivity index (χ1n) is 13.0. The summed E-state index contributed by atoms with van der Waals surface area (Å²) in [6.45, 7) is 6.32. The average molecular weight is 553 g/mol. The van der Waals surface area contributed by atoms with Crippen molar-refractivity contribution >= 4 is 22.1 Å². The Morgan fingerprint density at radius 2 is 1.32 bits per heavy atom. The maximum Gasteiger partial charge on any atom is 1.00 e. The second-order valence-corrected chi connectivity index (χ2v) is 10.6. The van der Waals surface area contributed by atoms with Gasteiger partial charge in [-0.15, -0.1) is 6.42 Å². The zero-order chi connectivity index (χ0) is 27.2. The first-order chi connectivity index (χ1) is 17.1. The standard InChI is InChI=1S/C23H39O.C4H6O7S.Na/c1-3-5-6-7-8-9-10-11-12-13-14-16-19-22(4-2)24-23-20-17-15-18-21-23;5-3(6)1-2(4(7)8)12(9,10)11;/h15,17-18,20-22H,2-14,16,19H2,1H3;2H,1H2,(H,5,6)(H,7,8)(H,9,10,11);/q-1;;+1. The second kappa shape index (κ2) is 23.9. The first kappa shape index (κ1) is 38.0. The molecule has 1 rings (SSSR count). The number of carbonyl (C=O) groups is 2. The van der Waals surface area contributed by atoms with Crippen LogP contribution in [0.5, 0.6) is 5.75 Å². The molecule has 0 heterocycles. The smallest absolute Gasteiger partial charge is 0.493 e. The molecular weight excluding hydrogens is 507 g/mol. The molecule has 10 heteroatoms. The van der Waals surface area contributed by atoms with E-state index in [2.05, 4.69) is 13.8 Å². The molecule has 37 heavy (non-hydrogen) atoms. The fraction of sp³-hybridized carbons (Fsp3) is 0.667. The number of para-hydroxylation sites is 1. The number of rotatable bonds is 20. The largest absolute Gasteiger partial charge is 1.00 e. The zero-order valence-electron chi connectivity index (χ0n) is 22.6.